The molecule has 2 rings (SSSR count). The van der Waals surface area contributed by atoms with E-state index in [0.29, 0.717) is 11.1 Å². The fraction of sp³-hybridized carbons (Fsp3) is 0.294. The summed E-state index contributed by atoms with van der Waals surface area (Å²) in [5.41, 5.74) is 1.29. The van der Waals surface area contributed by atoms with Crippen LogP contribution >= 0.6 is 0 Å². The quantitative estimate of drug-likeness (QED) is 0.847. The van der Waals surface area contributed by atoms with E-state index in [2.05, 4.69) is 5.32 Å². The lowest BCUT2D eigenvalue weighted by Gasteiger charge is -2.15. The first-order valence-corrected chi connectivity index (χ1v) is 7.26. The normalized spacial score (nSPS) is 11.8. The highest BCUT2D eigenvalue weighted by atomic mass is 19.1. The SMILES string of the molecule is COc1ccc(C(C)NC(=O)c2c(C)coc2CC(=O)O)cc1F. The maximum atomic E-state index is 13.8. The molecule has 1 aromatic carbocycles. The van der Waals surface area contributed by atoms with E-state index in [4.69, 9.17) is 14.3 Å². The van der Waals surface area contributed by atoms with Gasteiger partial charge in [0.25, 0.3) is 5.91 Å². The first kappa shape index (κ1) is 17.5. The van der Waals surface area contributed by atoms with Crippen LogP contribution in [0, 0.1) is 12.7 Å². The predicted molar refractivity (Wildman–Crippen MR) is 83.6 cm³/mol. The maximum Gasteiger partial charge on any atom is 0.311 e. The standard InChI is InChI=1S/C17H18FNO5/c1-9-8-24-14(7-15(20)21)16(9)17(22)19-10(2)11-4-5-13(23-3)12(18)6-11/h4-6,8,10H,7H2,1-3H3,(H,19,22)(H,20,21). The molecular weight excluding hydrogens is 317 g/mol. The molecule has 24 heavy (non-hydrogen) atoms. The van der Waals surface area contributed by atoms with Gasteiger partial charge in [0.2, 0.25) is 0 Å². The molecule has 1 unspecified atom stereocenters. The minimum atomic E-state index is -1.09. The van der Waals surface area contributed by atoms with Gasteiger partial charge >= 0.3 is 5.97 Å². The van der Waals surface area contributed by atoms with Crippen molar-refractivity contribution >= 4 is 11.9 Å². The Labute approximate surface area is 138 Å². The Morgan fingerprint density at radius 3 is 2.71 bits per heavy atom. The number of hydrogen-bond acceptors (Lipinski definition) is 4. The summed E-state index contributed by atoms with van der Waals surface area (Å²) in [6.07, 6.45) is 0.951. The number of methoxy groups -OCH3 is 1. The van der Waals surface area contributed by atoms with Gasteiger partial charge in [-0.1, -0.05) is 6.07 Å². The topological polar surface area (TPSA) is 88.8 Å². The van der Waals surface area contributed by atoms with E-state index < -0.39 is 23.7 Å². The number of carboxylic acids is 1. The minimum absolute atomic E-state index is 0.0885. The zero-order valence-corrected chi connectivity index (χ0v) is 13.6. The molecule has 0 aliphatic rings. The highest BCUT2D eigenvalue weighted by molar-refractivity contribution is 5.97. The third kappa shape index (κ3) is 3.73. The van der Waals surface area contributed by atoms with Crippen LogP contribution < -0.4 is 10.1 Å². The number of furan rings is 1. The largest absolute Gasteiger partial charge is 0.494 e. The third-order valence-corrected chi connectivity index (χ3v) is 3.61. The monoisotopic (exact) mass is 335 g/mol. The van der Waals surface area contributed by atoms with Crippen LogP contribution in [0.5, 0.6) is 5.75 Å². The van der Waals surface area contributed by atoms with Gasteiger partial charge in [-0.05, 0) is 31.5 Å². The predicted octanol–water partition coefficient (Wildman–Crippen LogP) is 2.85. The summed E-state index contributed by atoms with van der Waals surface area (Å²) < 4.78 is 23.8. The molecule has 1 atom stereocenters. The number of aryl methyl sites for hydroxylation is 1. The minimum Gasteiger partial charge on any atom is -0.494 e. The molecule has 6 nitrogen and oxygen atoms in total. The van der Waals surface area contributed by atoms with Gasteiger partial charge < -0.3 is 19.6 Å². The van der Waals surface area contributed by atoms with E-state index in [-0.39, 0.29) is 23.5 Å². The molecule has 128 valence electrons. The number of halogens is 1. The lowest BCUT2D eigenvalue weighted by atomic mass is 10.1. The molecular formula is C17H18FNO5. The van der Waals surface area contributed by atoms with Crippen LogP contribution in [0.3, 0.4) is 0 Å². The number of carbonyl (C=O) groups excluding carboxylic acids is 1. The van der Waals surface area contributed by atoms with E-state index in [0.717, 1.165) is 0 Å². The van der Waals surface area contributed by atoms with Crippen LogP contribution in [0.4, 0.5) is 4.39 Å². The second-order valence-corrected chi connectivity index (χ2v) is 5.38. The Morgan fingerprint density at radius 1 is 1.42 bits per heavy atom. The van der Waals surface area contributed by atoms with Gasteiger partial charge in [-0.3, -0.25) is 9.59 Å². The second kappa shape index (κ2) is 7.16. The molecule has 1 aromatic heterocycles. The highest BCUT2D eigenvalue weighted by Crippen LogP contribution is 2.23. The summed E-state index contributed by atoms with van der Waals surface area (Å²) in [6, 6.07) is 3.92. The Kier molecular flexibility index (Phi) is 5.23. The molecule has 0 saturated carbocycles. The molecule has 2 N–H and O–H groups in total. The van der Waals surface area contributed by atoms with Crippen molar-refractivity contribution in [2.75, 3.05) is 7.11 Å². The number of ether oxygens (including phenoxy) is 1. The van der Waals surface area contributed by atoms with Crippen molar-refractivity contribution in [1.82, 2.24) is 5.32 Å². The second-order valence-electron chi connectivity index (χ2n) is 5.38. The number of aliphatic carboxylic acids is 1. The molecule has 0 saturated heterocycles. The first-order chi connectivity index (χ1) is 11.3. The molecule has 1 heterocycles. The van der Waals surface area contributed by atoms with Crippen LogP contribution in [-0.2, 0) is 11.2 Å². The zero-order chi connectivity index (χ0) is 17.9. The number of benzene rings is 1. The third-order valence-electron chi connectivity index (χ3n) is 3.61. The Morgan fingerprint density at radius 2 is 2.12 bits per heavy atom. The molecule has 1 amide bonds. The lowest BCUT2D eigenvalue weighted by molar-refractivity contribution is -0.136. The van der Waals surface area contributed by atoms with Crippen molar-refractivity contribution in [1.29, 1.82) is 0 Å². The number of carboxylic acid groups (broad SMARTS) is 1. The van der Waals surface area contributed by atoms with E-state index in [1.54, 1.807) is 19.9 Å². The molecule has 0 bridgehead atoms. The van der Waals surface area contributed by atoms with E-state index in [1.165, 1.54) is 25.5 Å². The number of nitrogens with one attached hydrogen (secondary N) is 1. The molecule has 0 fully saturated rings. The molecule has 7 heteroatoms. The van der Waals surface area contributed by atoms with Gasteiger partial charge in [-0.15, -0.1) is 0 Å². The van der Waals surface area contributed by atoms with Crippen LogP contribution in [0.25, 0.3) is 0 Å². The van der Waals surface area contributed by atoms with E-state index in [1.807, 2.05) is 0 Å². The number of hydrogen-bond donors (Lipinski definition) is 2. The fourth-order valence-corrected chi connectivity index (χ4v) is 2.37. The van der Waals surface area contributed by atoms with Gasteiger partial charge in [-0.2, -0.15) is 0 Å². The van der Waals surface area contributed by atoms with Crippen molar-refractivity contribution in [3.8, 4) is 5.75 Å². The van der Waals surface area contributed by atoms with E-state index >= 15 is 0 Å². The summed E-state index contributed by atoms with van der Waals surface area (Å²) in [5, 5.41) is 11.6. The van der Waals surface area contributed by atoms with Crippen LogP contribution in [0.2, 0.25) is 0 Å². The molecule has 0 aliphatic carbocycles. The summed E-state index contributed by atoms with van der Waals surface area (Å²) in [7, 11) is 1.37. The van der Waals surface area contributed by atoms with Gasteiger partial charge in [0.05, 0.1) is 25.0 Å². The summed E-state index contributed by atoms with van der Waals surface area (Å²) >= 11 is 0. The highest BCUT2D eigenvalue weighted by Gasteiger charge is 2.22. The number of amides is 1. The van der Waals surface area contributed by atoms with E-state index in [9.17, 15) is 14.0 Å². The summed E-state index contributed by atoms with van der Waals surface area (Å²) in [4.78, 5) is 23.3. The van der Waals surface area contributed by atoms with Crippen molar-refractivity contribution in [2.45, 2.75) is 26.3 Å². The molecule has 0 aliphatic heterocycles. The Bertz CT molecular complexity index is 768. The smallest absolute Gasteiger partial charge is 0.311 e. The molecule has 0 radical (unpaired) electrons. The molecule has 0 spiro atoms. The zero-order valence-electron chi connectivity index (χ0n) is 13.6. The van der Waals surface area contributed by atoms with Crippen molar-refractivity contribution in [3.05, 3.63) is 52.7 Å². The number of carbonyl (C=O) groups is 2. The fourth-order valence-electron chi connectivity index (χ4n) is 2.37. The Balaban J connectivity index is 2.19. The van der Waals surface area contributed by atoms with Crippen molar-refractivity contribution in [2.24, 2.45) is 0 Å². The van der Waals surface area contributed by atoms with Crippen LogP contribution in [-0.4, -0.2) is 24.1 Å². The van der Waals surface area contributed by atoms with Crippen LogP contribution in [0.1, 0.15) is 40.2 Å². The average molecular weight is 335 g/mol. The van der Waals surface area contributed by atoms with Gasteiger partial charge in [-0.25, -0.2) is 4.39 Å². The van der Waals surface area contributed by atoms with Gasteiger partial charge in [0, 0.05) is 5.56 Å². The lowest BCUT2D eigenvalue weighted by Crippen LogP contribution is -2.28. The van der Waals surface area contributed by atoms with Crippen molar-refractivity contribution in [3.63, 3.8) is 0 Å². The Hall–Kier alpha value is -2.83. The average Bonchev–Trinajstić information content (AvgIpc) is 2.86. The summed E-state index contributed by atoms with van der Waals surface area (Å²) in [6.45, 7) is 3.35. The van der Waals surface area contributed by atoms with Crippen molar-refractivity contribution < 1.29 is 28.2 Å². The first-order valence-electron chi connectivity index (χ1n) is 7.26. The summed E-state index contributed by atoms with van der Waals surface area (Å²) in [5.74, 6) is -1.88. The van der Waals surface area contributed by atoms with Crippen LogP contribution in [0.15, 0.2) is 28.9 Å². The van der Waals surface area contributed by atoms with Gasteiger partial charge in [0.1, 0.15) is 12.2 Å². The number of rotatable bonds is 6. The molecule has 2 aromatic rings. The maximum absolute atomic E-state index is 13.8. The van der Waals surface area contributed by atoms with Gasteiger partial charge in [0.15, 0.2) is 11.6 Å².